The molecule has 0 bridgehead atoms. The van der Waals surface area contributed by atoms with Crippen LogP contribution in [-0.4, -0.2) is 58.1 Å². The number of pyridine rings is 2. The summed E-state index contributed by atoms with van der Waals surface area (Å²) in [5.74, 6) is 0.682. The number of rotatable bonds is 6. The first kappa shape index (κ1) is 24.1. The lowest BCUT2D eigenvalue weighted by atomic mass is 9.98. The van der Waals surface area contributed by atoms with Gasteiger partial charge in [-0.05, 0) is 60.7 Å². The van der Waals surface area contributed by atoms with Crippen molar-refractivity contribution in [2.75, 3.05) is 25.0 Å². The van der Waals surface area contributed by atoms with Crippen LogP contribution in [0.3, 0.4) is 0 Å². The number of hydrogen-bond acceptors (Lipinski definition) is 6. The number of anilines is 1. The van der Waals surface area contributed by atoms with Gasteiger partial charge in [0.1, 0.15) is 11.0 Å². The zero-order chi connectivity index (χ0) is 25.3. The van der Waals surface area contributed by atoms with Crippen molar-refractivity contribution in [1.82, 2.24) is 18.8 Å². The van der Waals surface area contributed by atoms with Crippen LogP contribution in [0.2, 0.25) is 5.15 Å². The first-order chi connectivity index (χ1) is 17.3. The first-order valence-electron chi connectivity index (χ1n) is 11.5. The summed E-state index contributed by atoms with van der Waals surface area (Å²) < 4.78 is 28.0. The number of aromatic nitrogens is 3. The Balaban J connectivity index is 1.48. The quantitative estimate of drug-likeness (QED) is 0.347. The van der Waals surface area contributed by atoms with E-state index in [1.54, 1.807) is 54.9 Å². The molecule has 1 amide bonds. The second-order valence-corrected chi connectivity index (χ2v) is 10.9. The lowest BCUT2D eigenvalue weighted by Crippen LogP contribution is -2.41. The van der Waals surface area contributed by atoms with E-state index in [9.17, 15) is 18.3 Å². The standard InChI is InChI=1S/C25H24ClN5O4S/c26-22-12-18(13-23(29-22)28-14-17-6-5-11-30(15-17)25(32)33)21-16-31(24-20(21)9-4-10-27-24)36(34,35)19-7-2-1-3-8-19/h1-4,7-10,12-13,16-17H,5-6,11,14-15H2,(H,28,29)(H,32,33). The van der Waals surface area contributed by atoms with E-state index in [0.29, 0.717) is 47.6 Å². The van der Waals surface area contributed by atoms with Crippen LogP contribution in [0, 0.1) is 5.92 Å². The molecule has 4 aromatic rings. The molecule has 2 N–H and O–H groups in total. The second-order valence-electron chi connectivity index (χ2n) is 8.71. The summed E-state index contributed by atoms with van der Waals surface area (Å²) in [4.78, 5) is 21.6. The van der Waals surface area contributed by atoms with Gasteiger partial charge < -0.3 is 15.3 Å². The number of fused-ring (bicyclic) bond motifs is 1. The van der Waals surface area contributed by atoms with Gasteiger partial charge in [0.05, 0.1) is 4.90 Å². The molecular formula is C25H24ClN5O4S. The molecule has 0 radical (unpaired) electrons. The average Bonchev–Trinajstić information content (AvgIpc) is 3.29. The third kappa shape index (κ3) is 4.74. The summed E-state index contributed by atoms with van der Waals surface area (Å²) in [6.45, 7) is 1.56. The predicted octanol–water partition coefficient (Wildman–Crippen LogP) is 4.79. The van der Waals surface area contributed by atoms with E-state index >= 15 is 0 Å². The number of piperidine rings is 1. The van der Waals surface area contributed by atoms with Gasteiger partial charge in [-0.3, -0.25) is 0 Å². The van der Waals surface area contributed by atoms with E-state index in [-0.39, 0.29) is 16.0 Å². The molecule has 186 valence electrons. The van der Waals surface area contributed by atoms with E-state index in [1.165, 1.54) is 8.87 Å². The van der Waals surface area contributed by atoms with Crippen molar-refractivity contribution < 1.29 is 18.3 Å². The van der Waals surface area contributed by atoms with Crippen molar-refractivity contribution in [3.63, 3.8) is 0 Å². The van der Waals surface area contributed by atoms with E-state index in [4.69, 9.17) is 11.6 Å². The number of nitrogens with zero attached hydrogens (tertiary/aromatic N) is 4. The van der Waals surface area contributed by atoms with Crippen molar-refractivity contribution in [3.8, 4) is 11.1 Å². The summed E-state index contributed by atoms with van der Waals surface area (Å²) >= 11 is 6.35. The molecule has 1 atom stereocenters. The molecular weight excluding hydrogens is 502 g/mol. The Morgan fingerprint density at radius 2 is 1.97 bits per heavy atom. The zero-order valence-electron chi connectivity index (χ0n) is 19.2. The van der Waals surface area contributed by atoms with Crippen LogP contribution in [-0.2, 0) is 10.0 Å². The fraction of sp³-hybridized carbons (Fsp3) is 0.240. The Bertz CT molecular complexity index is 1520. The van der Waals surface area contributed by atoms with Crippen molar-refractivity contribution in [2.24, 2.45) is 5.92 Å². The summed E-state index contributed by atoms with van der Waals surface area (Å²) in [6.07, 6.45) is 3.94. The molecule has 9 nitrogen and oxygen atoms in total. The Kier molecular flexibility index (Phi) is 6.55. The molecule has 1 aliphatic heterocycles. The van der Waals surface area contributed by atoms with Crippen molar-refractivity contribution in [3.05, 3.63) is 72.1 Å². The van der Waals surface area contributed by atoms with E-state index in [0.717, 1.165) is 12.8 Å². The van der Waals surface area contributed by atoms with Gasteiger partial charge in [0.2, 0.25) is 0 Å². The van der Waals surface area contributed by atoms with Crippen LogP contribution in [0.1, 0.15) is 12.8 Å². The molecule has 1 saturated heterocycles. The molecule has 3 aromatic heterocycles. The average molecular weight is 526 g/mol. The van der Waals surface area contributed by atoms with Gasteiger partial charge in [-0.15, -0.1) is 0 Å². The fourth-order valence-electron chi connectivity index (χ4n) is 4.55. The Morgan fingerprint density at radius 3 is 2.75 bits per heavy atom. The minimum Gasteiger partial charge on any atom is -0.465 e. The number of carboxylic acid groups (broad SMARTS) is 1. The number of likely N-dealkylation sites (tertiary alicyclic amines) is 1. The lowest BCUT2D eigenvalue weighted by molar-refractivity contribution is 0.122. The summed E-state index contributed by atoms with van der Waals surface area (Å²) in [6, 6.07) is 15.3. The molecule has 0 saturated carbocycles. The molecule has 5 rings (SSSR count). The van der Waals surface area contributed by atoms with E-state index < -0.39 is 16.1 Å². The molecule has 0 spiro atoms. The molecule has 1 fully saturated rings. The predicted molar refractivity (Wildman–Crippen MR) is 138 cm³/mol. The third-order valence-corrected chi connectivity index (χ3v) is 8.16. The zero-order valence-corrected chi connectivity index (χ0v) is 20.8. The Morgan fingerprint density at radius 1 is 1.17 bits per heavy atom. The van der Waals surface area contributed by atoms with Gasteiger partial charge >= 0.3 is 6.09 Å². The second kappa shape index (κ2) is 9.79. The highest BCUT2D eigenvalue weighted by molar-refractivity contribution is 7.90. The number of hydrogen-bond donors (Lipinski definition) is 2. The van der Waals surface area contributed by atoms with Crippen LogP contribution in [0.4, 0.5) is 10.6 Å². The van der Waals surface area contributed by atoms with Crippen LogP contribution in [0.5, 0.6) is 0 Å². The van der Waals surface area contributed by atoms with Crippen LogP contribution >= 0.6 is 11.6 Å². The van der Waals surface area contributed by atoms with Gasteiger partial charge in [-0.25, -0.2) is 27.2 Å². The van der Waals surface area contributed by atoms with E-state index in [2.05, 4.69) is 15.3 Å². The van der Waals surface area contributed by atoms with Crippen LogP contribution in [0.15, 0.2) is 71.9 Å². The lowest BCUT2D eigenvalue weighted by Gasteiger charge is -2.30. The largest absolute Gasteiger partial charge is 0.465 e. The number of amides is 1. The smallest absolute Gasteiger partial charge is 0.407 e. The van der Waals surface area contributed by atoms with Crippen molar-refractivity contribution in [2.45, 2.75) is 17.7 Å². The van der Waals surface area contributed by atoms with Gasteiger partial charge in [-0.2, -0.15) is 0 Å². The SMILES string of the molecule is O=C(O)N1CCCC(CNc2cc(-c3cn(S(=O)(=O)c4ccccc4)c4ncccc34)cc(Cl)n2)C1. The minimum absolute atomic E-state index is 0.154. The normalized spacial score (nSPS) is 16.2. The maximum absolute atomic E-state index is 13.4. The summed E-state index contributed by atoms with van der Waals surface area (Å²) in [5, 5.41) is 13.5. The summed E-state index contributed by atoms with van der Waals surface area (Å²) in [7, 11) is -3.87. The summed E-state index contributed by atoms with van der Waals surface area (Å²) in [5.41, 5.74) is 1.66. The number of nitrogens with one attached hydrogen (secondary N) is 1. The maximum atomic E-state index is 13.4. The van der Waals surface area contributed by atoms with Crippen molar-refractivity contribution in [1.29, 1.82) is 0 Å². The molecule has 11 heteroatoms. The fourth-order valence-corrected chi connectivity index (χ4v) is 6.10. The van der Waals surface area contributed by atoms with Crippen molar-refractivity contribution >= 4 is 44.6 Å². The monoisotopic (exact) mass is 525 g/mol. The van der Waals surface area contributed by atoms with Crippen LogP contribution in [0.25, 0.3) is 22.2 Å². The van der Waals surface area contributed by atoms with Gasteiger partial charge in [-0.1, -0.05) is 29.8 Å². The molecule has 1 aromatic carbocycles. The number of benzene rings is 1. The van der Waals surface area contributed by atoms with Crippen LogP contribution < -0.4 is 5.32 Å². The maximum Gasteiger partial charge on any atom is 0.407 e. The van der Waals surface area contributed by atoms with Gasteiger partial charge in [0.25, 0.3) is 10.0 Å². The highest BCUT2D eigenvalue weighted by Gasteiger charge is 2.24. The first-order valence-corrected chi connectivity index (χ1v) is 13.3. The topological polar surface area (TPSA) is 117 Å². The molecule has 4 heterocycles. The number of halogens is 1. The highest BCUT2D eigenvalue weighted by atomic mass is 35.5. The van der Waals surface area contributed by atoms with Gasteiger partial charge in [0, 0.05) is 43.0 Å². The Hall–Kier alpha value is -3.63. The molecule has 36 heavy (non-hydrogen) atoms. The minimum atomic E-state index is -3.87. The molecule has 0 aliphatic carbocycles. The van der Waals surface area contributed by atoms with Gasteiger partial charge in [0.15, 0.2) is 5.65 Å². The Labute approximate surface area is 213 Å². The molecule has 1 unspecified atom stereocenters. The van der Waals surface area contributed by atoms with E-state index in [1.807, 2.05) is 12.1 Å². The highest BCUT2D eigenvalue weighted by Crippen LogP contribution is 2.34. The number of carbonyl (C=O) groups is 1. The molecule has 1 aliphatic rings. The third-order valence-electron chi connectivity index (χ3n) is 6.30.